The Balaban J connectivity index is 1.70. The second kappa shape index (κ2) is 5.80. The summed E-state index contributed by atoms with van der Waals surface area (Å²) in [6.07, 6.45) is 5.21. The fourth-order valence-corrected chi connectivity index (χ4v) is 2.40. The summed E-state index contributed by atoms with van der Waals surface area (Å²) in [4.78, 5) is 8.97. The van der Waals surface area contributed by atoms with Crippen molar-refractivity contribution < 1.29 is 0 Å². The summed E-state index contributed by atoms with van der Waals surface area (Å²) < 4.78 is 1.11. The number of nitrogens with zero attached hydrogens (tertiary/aromatic N) is 2. The highest BCUT2D eigenvalue weighted by Gasteiger charge is 2.20. The first-order chi connectivity index (χ1) is 9.31. The van der Waals surface area contributed by atoms with Gasteiger partial charge in [0.2, 0.25) is 0 Å². The molecule has 1 aliphatic rings. The van der Waals surface area contributed by atoms with Gasteiger partial charge in [-0.3, -0.25) is 0 Å². The van der Waals surface area contributed by atoms with Crippen molar-refractivity contribution in [3.8, 4) is 0 Å². The summed E-state index contributed by atoms with van der Waals surface area (Å²) in [6.45, 7) is 0.843. The van der Waals surface area contributed by atoms with Crippen LogP contribution in [0.3, 0.4) is 0 Å². The van der Waals surface area contributed by atoms with E-state index in [0.29, 0.717) is 6.04 Å². The van der Waals surface area contributed by atoms with Gasteiger partial charge in [0.15, 0.2) is 0 Å². The SMILES string of the molecule is Brc1ccccc1Cc1nccc(CNC2CC2)n1. The van der Waals surface area contributed by atoms with Crippen molar-refractivity contribution in [2.24, 2.45) is 0 Å². The minimum absolute atomic E-state index is 0.710. The maximum Gasteiger partial charge on any atom is 0.132 e. The van der Waals surface area contributed by atoms with E-state index in [-0.39, 0.29) is 0 Å². The van der Waals surface area contributed by atoms with Crippen LogP contribution in [0.25, 0.3) is 0 Å². The molecule has 4 heteroatoms. The zero-order chi connectivity index (χ0) is 13.1. The highest BCUT2D eigenvalue weighted by Crippen LogP contribution is 2.20. The topological polar surface area (TPSA) is 37.8 Å². The minimum atomic E-state index is 0.710. The second-order valence-corrected chi connectivity index (χ2v) is 5.74. The Hall–Kier alpha value is -1.26. The molecule has 0 amide bonds. The molecule has 1 fully saturated rings. The van der Waals surface area contributed by atoms with E-state index in [0.717, 1.165) is 29.0 Å². The molecule has 1 aliphatic carbocycles. The van der Waals surface area contributed by atoms with Crippen LogP contribution >= 0.6 is 15.9 Å². The van der Waals surface area contributed by atoms with E-state index < -0.39 is 0 Å². The van der Waals surface area contributed by atoms with Gasteiger partial charge in [-0.2, -0.15) is 0 Å². The molecule has 0 spiro atoms. The molecule has 1 aromatic heterocycles. The molecule has 1 heterocycles. The lowest BCUT2D eigenvalue weighted by atomic mass is 10.1. The quantitative estimate of drug-likeness (QED) is 0.921. The van der Waals surface area contributed by atoms with Gasteiger partial charge in [0.05, 0.1) is 5.69 Å². The maximum absolute atomic E-state index is 4.61. The van der Waals surface area contributed by atoms with Gasteiger partial charge in [-0.25, -0.2) is 9.97 Å². The number of nitrogens with one attached hydrogen (secondary N) is 1. The largest absolute Gasteiger partial charge is 0.308 e. The molecular formula is C15H16BrN3. The van der Waals surface area contributed by atoms with Crippen molar-refractivity contribution in [3.63, 3.8) is 0 Å². The predicted octanol–water partition coefficient (Wildman–Crippen LogP) is 3.08. The van der Waals surface area contributed by atoms with E-state index >= 15 is 0 Å². The standard InChI is InChI=1S/C15H16BrN3/c16-14-4-2-1-3-11(14)9-15-17-8-7-13(19-15)10-18-12-5-6-12/h1-4,7-8,12,18H,5-6,9-10H2. The first kappa shape index (κ1) is 12.8. The van der Waals surface area contributed by atoms with E-state index in [2.05, 4.69) is 37.3 Å². The number of hydrogen-bond donors (Lipinski definition) is 1. The van der Waals surface area contributed by atoms with Gasteiger partial charge in [0.25, 0.3) is 0 Å². The molecule has 0 radical (unpaired) electrons. The van der Waals surface area contributed by atoms with Crippen molar-refractivity contribution in [3.05, 3.63) is 58.1 Å². The molecular weight excluding hydrogens is 302 g/mol. The summed E-state index contributed by atoms with van der Waals surface area (Å²) in [5.41, 5.74) is 2.29. The average Bonchev–Trinajstić information content (AvgIpc) is 3.24. The van der Waals surface area contributed by atoms with Gasteiger partial charge in [-0.1, -0.05) is 34.1 Å². The first-order valence-electron chi connectivity index (χ1n) is 6.59. The van der Waals surface area contributed by atoms with Crippen molar-refractivity contribution in [2.75, 3.05) is 0 Å². The Bertz CT molecular complexity index is 567. The molecule has 1 aromatic carbocycles. The van der Waals surface area contributed by atoms with E-state index in [1.54, 1.807) is 0 Å². The number of aromatic nitrogens is 2. The monoisotopic (exact) mass is 317 g/mol. The van der Waals surface area contributed by atoms with Crippen LogP contribution in [0, 0.1) is 0 Å². The smallest absolute Gasteiger partial charge is 0.132 e. The number of hydrogen-bond acceptors (Lipinski definition) is 3. The molecule has 0 bridgehead atoms. The predicted molar refractivity (Wildman–Crippen MR) is 78.8 cm³/mol. The Kier molecular flexibility index (Phi) is 3.89. The minimum Gasteiger partial charge on any atom is -0.308 e. The third-order valence-electron chi connectivity index (χ3n) is 3.22. The Morgan fingerprint density at radius 1 is 1.21 bits per heavy atom. The average molecular weight is 318 g/mol. The lowest BCUT2D eigenvalue weighted by Crippen LogP contribution is -2.16. The lowest BCUT2D eigenvalue weighted by molar-refractivity contribution is 0.668. The van der Waals surface area contributed by atoms with E-state index in [1.807, 2.05) is 30.5 Å². The van der Waals surface area contributed by atoms with Crippen LogP contribution < -0.4 is 5.32 Å². The Morgan fingerprint density at radius 2 is 2.05 bits per heavy atom. The van der Waals surface area contributed by atoms with Crippen molar-refractivity contribution in [1.82, 2.24) is 15.3 Å². The molecule has 2 aromatic rings. The van der Waals surface area contributed by atoms with Crippen molar-refractivity contribution >= 4 is 15.9 Å². The molecule has 0 unspecified atom stereocenters. The summed E-state index contributed by atoms with van der Waals surface area (Å²) >= 11 is 3.56. The van der Waals surface area contributed by atoms with Crippen LogP contribution in [-0.4, -0.2) is 16.0 Å². The van der Waals surface area contributed by atoms with Gasteiger partial charge in [-0.15, -0.1) is 0 Å². The molecule has 19 heavy (non-hydrogen) atoms. The second-order valence-electron chi connectivity index (χ2n) is 4.89. The van der Waals surface area contributed by atoms with Gasteiger partial charge in [0.1, 0.15) is 5.82 Å². The number of benzene rings is 1. The zero-order valence-corrected chi connectivity index (χ0v) is 12.2. The van der Waals surface area contributed by atoms with Crippen molar-refractivity contribution in [2.45, 2.75) is 31.8 Å². The Morgan fingerprint density at radius 3 is 2.84 bits per heavy atom. The number of rotatable bonds is 5. The maximum atomic E-state index is 4.61. The van der Waals surface area contributed by atoms with Crippen LogP contribution in [0.15, 0.2) is 41.0 Å². The zero-order valence-electron chi connectivity index (χ0n) is 10.6. The lowest BCUT2D eigenvalue weighted by Gasteiger charge is -2.06. The normalized spacial score (nSPS) is 14.6. The van der Waals surface area contributed by atoms with Crippen molar-refractivity contribution in [1.29, 1.82) is 0 Å². The molecule has 3 rings (SSSR count). The van der Waals surface area contributed by atoms with Crippen LogP contribution in [0.4, 0.5) is 0 Å². The molecule has 0 atom stereocenters. The fraction of sp³-hybridized carbons (Fsp3) is 0.333. The van der Waals surface area contributed by atoms with Crippen LogP contribution in [0.1, 0.15) is 29.9 Å². The highest BCUT2D eigenvalue weighted by atomic mass is 79.9. The van der Waals surface area contributed by atoms with Gasteiger partial charge in [-0.05, 0) is 30.5 Å². The van der Waals surface area contributed by atoms with Crippen LogP contribution in [0.5, 0.6) is 0 Å². The van der Waals surface area contributed by atoms with E-state index in [9.17, 15) is 0 Å². The third kappa shape index (κ3) is 3.61. The van der Waals surface area contributed by atoms with Crippen LogP contribution in [0.2, 0.25) is 0 Å². The summed E-state index contributed by atoms with van der Waals surface area (Å²) in [5, 5.41) is 3.48. The third-order valence-corrected chi connectivity index (χ3v) is 3.99. The van der Waals surface area contributed by atoms with Gasteiger partial charge < -0.3 is 5.32 Å². The van der Waals surface area contributed by atoms with Gasteiger partial charge in [0, 0.05) is 29.7 Å². The molecule has 3 nitrogen and oxygen atoms in total. The van der Waals surface area contributed by atoms with E-state index in [4.69, 9.17) is 0 Å². The summed E-state index contributed by atoms with van der Waals surface area (Å²) in [6, 6.07) is 10.9. The number of halogens is 1. The van der Waals surface area contributed by atoms with E-state index in [1.165, 1.54) is 18.4 Å². The van der Waals surface area contributed by atoms with Gasteiger partial charge >= 0.3 is 0 Å². The Labute approximate surface area is 121 Å². The molecule has 1 N–H and O–H groups in total. The summed E-state index contributed by atoms with van der Waals surface area (Å²) in [5.74, 6) is 0.877. The molecule has 0 aliphatic heterocycles. The molecule has 1 saturated carbocycles. The van der Waals surface area contributed by atoms with Crippen LogP contribution in [-0.2, 0) is 13.0 Å². The molecule has 0 saturated heterocycles. The summed E-state index contributed by atoms with van der Waals surface area (Å²) in [7, 11) is 0. The molecule has 98 valence electrons. The first-order valence-corrected chi connectivity index (χ1v) is 7.38. The highest BCUT2D eigenvalue weighted by molar-refractivity contribution is 9.10. The fourth-order valence-electron chi connectivity index (χ4n) is 1.97.